The number of rotatable bonds is 21. The number of hydrogen-bond donors (Lipinski definition) is 7. The van der Waals surface area contributed by atoms with E-state index in [1.165, 1.54) is 64.9 Å². The van der Waals surface area contributed by atoms with Crippen LogP contribution in [0.5, 0.6) is 57.5 Å². The van der Waals surface area contributed by atoms with Crippen LogP contribution >= 0.6 is 34.0 Å². The lowest BCUT2D eigenvalue weighted by molar-refractivity contribution is -0.124. The number of aryl methyl sites for hydroxylation is 4. The summed E-state index contributed by atoms with van der Waals surface area (Å²) in [4.78, 5) is 72.5. The highest BCUT2D eigenvalue weighted by Gasteiger charge is 2.29. The predicted molar refractivity (Wildman–Crippen MR) is 373 cm³/mol. The lowest BCUT2D eigenvalue weighted by atomic mass is 9.95. The van der Waals surface area contributed by atoms with E-state index < -0.39 is 5.78 Å². The molecule has 3 aromatic heterocycles. The molecule has 492 valence electrons. The van der Waals surface area contributed by atoms with Crippen molar-refractivity contribution < 1.29 is 92.9 Å². The normalized spacial score (nSPS) is 11.1. The van der Waals surface area contributed by atoms with Crippen molar-refractivity contribution in [3.8, 4) is 90.9 Å². The maximum atomic E-state index is 13.6. The Morgan fingerprint density at radius 3 is 1.00 bits per heavy atom. The number of carbonyl (C=O) groups excluding carboxylic acids is 6. The van der Waals surface area contributed by atoms with Gasteiger partial charge in [0, 0.05) is 53.0 Å². The van der Waals surface area contributed by atoms with E-state index >= 15 is 0 Å². The van der Waals surface area contributed by atoms with E-state index in [9.17, 15) is 64.5 Å². The first-order chi connectivity index (χ1) is 47.3. The summed E-state index contributed by atoms with van der Waals surface area (Å²) in [5.41, 5.74) is 7.65. The van der Waals surface area contributed by atoms with Gasteiger partial charge in [0.05, 0.1) is 31.3 Å². The van der Waals surface area contributed by atoms with Crippen LogP contribution in [0.3, 0.4) is 0 Å². The van der Waals surface area contributed by atoms with Crippen LogP contribution in [0, 0.1) is 27.7 Å². The molecule has 12 aromatic rings. The highest BCUT2D eigenvalue weighted by atomic mass is 32.1. The van der Waals surface area contributed by atoms with E-state index in [1.54, 1.807) is 142 Å². The van der Waals surface area contributed by atoms with E-state index in [0.29, 0.717) is 70.0 Å². The quantitative estimate of drug-likeness (QED) is 0.0152. The fraction of sp³-hybridized carbons (Fsp3) is 0.0526. The second kappa shape index (κ2) is 30.7. The van der Waals surface area contributed by atoms with Crippen molar-refractivity contribution in [1.82, 2.24) is 0 Å². The molecule has 19 nitrogen and oxygen atoms in total. The first kappa shape index (κ1) is 68.4. The van der Waals surface area contributed by atoms with Crippen molar-refractivity contribution >= 4 is 101 Å². The molecule has 7 N–H and O–H groups in total. The summed E-state index contributed by atoms with van der Waals surface area (Å²) in [6.45, 7) is 7.92. The van der Waals surface area contributed by atoms with Gasteiger partial charge in [-0.25, -0.2) is 0 Å². The van der Waals surface area contributed by atoms with Crippen molar-refractivity contribution in [2.75, 3.05) is 0 Å². The van der Waals surface area contributed by atoms with Gasteiger partial charge in [0.15, 0.2) is 0 Å². The smallest absolute Gasteiger partial charge is 0.298 e. The van der Waals surface area contributed by atoms with E-state index in [4.69, 9.17) is 14.2 Å². The monoisotopic (exact) mass is 1370 g/mol. The number of aromatic hydroxyl groups is 7. The SMILES string of the molecule is Cc1cc(C)c(C(=O)c2sc3cc(O)ccc3c2-c2ccc(O/C=C/OC=O)cc2)c(O)c1.Cc1cc(O)cc(O)c1C(=O)c1sc2cc(O)ccc2c1-c1ccc(O/C=C/OC=O)cc1.Cc1cccc(O)c1C(=O)c1sc2cc(O)ccc2c1-c1ccc(O/C=C/OC=O)cc1. The zero-order valence-electron chi connectivity index (χ0n) is 52.1. The number of benzene rings is 9. The number of thiophene rings is 3. The number of phenolic OH excluding ortho intramolecular Hbond substituents is 7. The van der Waals surface area contributed by atoms with Crippen molar-refractivity contribution in [2.24, 2.45) is 0 Å². The van der Waals surface area contributed by atoms with Crippen LogP contribution in [0.15, 0.2) is 207 Å². The highest BCUT2D eigenvalue weighted by Crippen LogP contribution is 2.47. The number of fused-ring (bicyclic) bond motifs is 3. The maximum absolute atomic E-state index is 13.6. The van der Waals surface area contributed by atoms with Crippen LogP contribution in [-0.2, 0) is 28.6 Å². The number of hydrogen-bond acceptors (Lipinski definition) is 22. The number of carbonyl (C=O) groups is 6. The molecule has 3 heterocycles. The average molecular weight is 1370 g/mol. The van der Waals surface area contributed by atoms with E-state index in [1.807, 2.05) is 37.3 Å². The lowest BCUT2D eigenvalue weighted by Gasteiger charge is -2.10. The van der Waals surface area contributed by atoms with Crippen LogP contribution in [0.4, 0.5) is 0 Å². The number of phenols is 7. The summed E-state index contributed by atoms with van der Waals surface area (Å²) in [6, 6.07) is 46.9. The van der Waals surface area contributed by atoms with Gasteiger partial charge < -0.3 is 64.2 Å². The van der Waals surface area contributed by atoms with Gasteiger partial charge in [-0.3, -0.25) is 28.8 Å². The molecule has 0 saturated heterocycles. The third-order valence-electron chi connectivity index (χ3n) is 14.9. The first-order valence-corrected chi connectivity index (χ1v) is 31.8. The minimum Gasteiger partial charge on any atom is -0.508 e. The van der Waals surface area contributed by atoms with Crippen LogP contribution < -0.4 is 14.2 Å². The summed E-state index contributed by atoms with van der Waals surface area (Å²) in [5, 5.41) is 73.2. The zero-order chi connectivity index (χ0) is 69.7. The largest absolute Gasteiger partial charge is 0.508 e. The van der Waals surface area contributed by atoms with Crippen LogP contribution in [0.2, 0.25) is 0 Å². The van der Waals surface area contributed by atoms with Crippen molar-refractivity contribution in [1.29, 1.82) is 0 Å². The van der Waals surface area contributed by atoms with E-state index in [0.717, 1.165) is 72.7 Å². The molecule has 9 aromatic carbocycles. The first-order valence-electron chi connectivity index (χ1n) is 29.3. The molecule has 0 fully saturated rings. The summed E-state index contributed by atoms with van der Waals surface area (Å²) in [5.74, 6) is 0.271. The summed E-state index contributed by atoms with van der Waals surface area (Å²) < 4.78 is 31.6. The van der Waals surface area contributed by atoms with Crippen LogP contribution in [-0.4, -0.2) is 72.5 Å². The molecule has 0 aliphatic rings. The van der Waals surface area contributed by atoms with E-state index in [2.05, 4.69) is 14.2 Å². The number of ketones is 3. The third-order valence-corrected chi connectivity index (χ3v) is 18.4. The third kappa shape index (κ3) is 15.3. The topological polar surface area (TPSA) is 299 Å². The predicted octanol–water partition coefficient (Wildman–Crippen LogP) is 16.6. The Morgan fingerprint density at radius 1 is 0.337 bits per heavy atom. The Hall–Kier alpha value is -12.5. The highest BCUT2D eigenvalue weighted by molar-refractivity contribution is 7.22. The molecule has 0 radical (unpaired) electrons. The molecule has 0 atom stereocenters. The molecule has 22 heteroatoms. The number of ether oxygens (including phenoxy) is 6. The van der Waals surface area contributed by atoms with Gasteiger partial charge in [-0.05, 0) is 176 Å². The second-order valence-electron chi connectivity index (χ2n) is 21.5. The van der Waals surface area contributed by atoms with Gasteiger partial charge in [0.2, 0.25) is 17.3 Å². The lowest BCUT2D eigenvalue weighted by Crippen LogP contribution is -2.04. The van der Waals surface area contributed by atoms with Crippen molar-refractivity contribution in [2.45, 2.75) is 27.7 Å². The molecule has 0 aliphatic heterocycles. The Balaban J connectivity index is 0.000000159. The Kier molecular flexibility index (Phi) is 21.4. The maximum Gasteiger partial charge on any atom is 0.298 e. The summed E-state index contributed by atoms with van der Waals surface area (Å²) in [6.07, 6.45) is 7.03. The average Bonchev–Trinajstić information content (AvgIpc) is 1.61. The van der Waals surface area contributed by atoms with Crippen molar-refractivity contribution in [3.05, 3.63) is 261 Å². The zero-order valence-corrected chi connectivity index (χ0v) is 54.6. The minimum atomic E-state index is -0.394. The van der Waals surface area contributed by atoms with Crippen molar-refractivity contribution in [3.63, 3.8) is 0 Å². The molecule has 0 bridgehead atoms. The molecule has 0 unspecified atom stereocenters. The summed E-state index contributed by atoms with van der Waals surface area (Å²) >= 11 is 3.74. The molecule has 12 rings (SSSR count). The molecule has 0 amide bonds. The molecule has 0 aliphatic carbocycles. The summed E-state index contributed by atoms with van der Waals surface area (Å²) in [7, 11) is 0. The van der Waals surface area contributed by atoms with Gasteiger partial charge in [-0.1, -0.05) is 54.6 Å². The molecule has 98 heavy (non-hydrogen) atoms. The van der Waals surface area contributed by atoms with Crippen LogP contribution in [0.1, 0.15) is 68.0 Å². The molecule has 0 saturated carbocycles. The van der Waals surface area contributed by atoms with Gasteiger partial charge in [0.1, 0.15) is 95.1 Å². The molecular weight excluding hydrogens is 1310 g/mol. The van der Waals surface area contributed by atoms with Gasteiger partial charge in [-0.15, -0.1) is 34.0 Å². The van der Waals surface area contributed by atoms with Gasteiger partial charge in [0.25, 0.3) is 19.4 Å². The van der Waals surface area contributed by atoms with Crippen LogP contribution in [0.25, 0.3) is 63.6 Å². The van der Waals surface area contributed by atoms with Gasteiger partial charge >= 0.3 is 0 Å². The second-order valence-corrected chi connectivity index (χ2v) is 24.6. The molecule has 0 spiro atoms. The fourth-order valence-corrected chi connectivity index (χ4v) is 14.4. The fourth-order valence-electron chi connectivity index (χ4n) is 10.8. The standard InChI is InChI=1S/C26H20O6S.C25H18O7S.C25H18O6S/c1-15-11-16(2)23(21(29)12-15)25(30)26-24(20-8-5-18(28)13-22(20)33-26)17-3-6-19(7-4-17)32-10-9-31-14-27;1-14-10-17(28)11-20(29)22(14)24(30)25-23(19-7-4-16(27)12-21(19)33-25)15-2-5-18(6-3-15)32-9-8-31-13-26;1-15-3-2-4-20(28)22(15)24(29)25-23(19-10-7-17(27)13-21(19)32-25)16-5-8-18(9-6-16)31-12-11-30-14-26/h3-14,28-29H,1-2H3;2-13,27-29H,1H3;2-14,27-28H,1H3/b10-9+;9-8+;12-11+. The molecular formula is C76H56O19S3. The minimum absolute atomic E-state index is 0.0585. The Morgan fingerprint density at radius 2 is 0.673 bits per heavy atom. The van der Waals surface area contributed by atoms with Gasteiger partial charge in [-0.2, -0.15) is 0 Å². The van der Waals surface area contributed by atoms with E-state index in [-0.39, 0.29) is 87.9 Å². The Labute approximate surface area is 570 Å². The Bertz CT molecular complexity index is 4830.